The molecule has 3 nitrogen and oxygen atoms in total. The van der Waals surface area contributed by atoms with E-state index in [2.05, 4.69) is 6.92 Å². The number of piperidine rings is 1. The Bertz CT molecular complexity index is 391. The molecule has 4 heteroatoms. The summed E-state index contributed by atoms with van der Waals surface area (Å²) in [6.45, 7) is 4.51. The molecule has 0 spiro atoms. The van der Waals surface area contributed by atoms with Crippen LogP contribution in [0.15, 0.2) is 24.3 Å². The maximum atomic E-state index is 12.2. The van der Waals surface area contributed by atoms with Crippen LogP contribution in [-0.4, -0.2) is 23.9 Å². The van der Waals surface area contributed by atoms with Crippen molar-refractivity contribution in [2.24, 2.45) is 11.7 Å². The van der Waals surface area contributed by atoms with Crippen molar-refractivity contribution in [2.75, 3.05) is 13.1 Å². The van der Waals surface area contributed by atoms with Crippen LogP contribution >= 0.6 is 12.4 Å². The van der Waals surface area contributed by atoms with E-state index >= 15 is 0 Å². The van der Waals surface area contributed by atoms with Crippen molar-refractivity contribution >= 4 is 18.3 Å². The van der Waals surface area contributed by atoms with Gasteiger partial charge < -0.3 is 10.6 Å². The smallest absolute Gasteiger partial charge is 0.253 e. The minimum absolute atomic E-state index is 0. The van der Waals surface area contributed by atoms with Gasteiger partial charge in [-0.05, 0) is 36.5 Å². The summed E-state index contributed by atoms with van der Waals surface area (Å²) in [7, 11) is 0. The highest BCUT2D eigenvalue weighted by Crippen LogP contribution is 2.18. The number of hydrogen-bond acceptors (Lipinski definition) is 2. The van der Waals surface area contributed by atoms with Gasteiger partial charge in [0.25, 0.3) is 5.91 Å². The van der Waals surface area contributed by atoms with Crippen LogP contribution in [0.1, 0.15) is 35.7 Å². The SMILES string of the molecule is CC1CCCN(C(=O)c2ccc(CN)cc2)C1.Cl. The van der Waals surface area contributed by atoms with Gasteiger partial charge in [-0.25, -0.2) is 0 Å². The maximum Gasteiger partial charge on any atom is 0.253 e. The molecule has 1 heterocycles. The molecule has 0 radical (unpaired) electrons. The van der Waals surface area contributed by atoms with Gasteiger partial charge in [-0.2, -0.15) is 0 Å². The topological polar surface area (TPSA) is 46.3 Å². The van der Waals surface area contributed by atoms with E-state index in [1.807, 2.05) is 29.2 Å². The van der Waals surface area contributed by atoms with Gasteiger partial charge in [0.1, 0.15) is 0 Å². The molecule has 18 heavy (non-hydrogen) atoms. The number of benzene rings is 1. The maximum absolute atomic E-state index is 12.2. The number of hydrogen-bond donors (Lipinski definition) is 1. The van der Waals surface area contributed by atoms with Crippen molar-refractivity contribution < 1.29 is 4.79 Å². The van der Waals surface area contributed by atoms with Gasteiger partial charge in [0, 0.05) is 25.2 Å². The Kier molecular flexibility index (Phi) is 5.63. The summed E-state index contributed by atoms with van der Waals surface area (Å²) in [4.78, 5) is 14.2. The van der Waals surface area contributed by atoms with E-state index in [0.29, 0.717) is 12.5 Å². The van der Waals surface area contributed by atoms with E-state index < -0.39 is 0 Å². The van der Waals surface area contributed by atoms with E-state index in [1.165, 1.54) is 6.42 Å². The molecule has 2 N–H and O–H groups in total. The third-order valence-electron chi connectivity index (χ3n) is 3.38. The average Bonchev–Trinajstić information content (AvgIpc) is 2.38. The molecular weight excluding hydrogens is 248 g/mol. The summed E-state index contributed by atoms with van der Waals surface area (Å²) in [5.41, 5.74) is 7.38. The molecule has 2 rings (SSSR count). The second-order valence-corrected chi connectivity index (χ2v) is 4.90. The zero-order chi connectivity index (χ0) is 12.3. The van der Waals surface area contributed by atoms with Crippen LogP contribution in [0.2, 0.25) is 0 Å². The van der Waals surface area contributed by atoms with Crippen molar-refractivity contribution in [3.8, 4) is 0 Å². The monoisotopic (exact) mass is 268 g/mol. The summed E-state index contributed by atoms with van der Waals surface area (Å²) in [5.74, 6) is 0.774. The van der Waals surface area contributed by atoms with Gasteiger partial charge in [0.15, 0.2) is 0 Å². The first-order chi connectivity index (χ1) is 8.20. The fourth-order valence-corrected chi connectivity index (χ4v) is 2.34. The Balaban J connectivity index is 0.00000162. The van der Waals surface area contributed by atoms with Gasteiger partial charge in [-0.3, -0.25) is 4.79 Å². The highest BCUT2D eigenvalue weighted by molar-refractivity contribution is 5.94. The lowest BCUT2D eigenvalue weighted by atomic mass is 9.99. The number of rotatable bonds is 2. The summed E-state index contributed by atoms with van der Waals surface area (Å²) >= 11 is 0. The predicted octanol–water partition coefficient (Wildman–Crippen LogP) is 2.44. The molecule has 100 valence electrons. The summed E-state index contributed by atoms with van der Waals surface area (Å²) in [6, 6.07) is 7.62. The molecule has 0 aromatic heterocycles. The highest BCUT2D eigenvalue weighted by atomic mass is 35.5. The molecule has 0 bridgehead atoms. The first-order valence-electron chi connectivity index (χ1n) is 6.29. The molecule has 1 fully saturated rings. The zero-order valence-corrected chi connectivity index (χ0v) is 11.6. The molecule has 1 aromatic carbocycles. The summed E-state index contributed by atoms with van der Waals surface area (Å²) in [5, 5.41) is 0. The summed E-state index contributed by atoms with van der Waals surface area (Å²) in [6.07, 6.45) is 2.35. The highest BCUT2D eigenvalue weighted by Gasteiger charge is 2.21. The van der Waals surface area contributed by atoms with E-state index in [9.17, 15) is 4.79 Å². The molecule has 0 aliphatic carbocycles. The third-order valence-corrected chi connectivity index (χ3v) is 3.38. The molecule has 1 atom stereocenters. The second kappa shape index (κ2) is 6.76. The Labute approximate surface area is 115 Å². The molecule has 1 aliphatic heterocycles. The van der Waals surface area contributed by atoms with Crippen LogP contribution in [0.4, 0.5) is 0 Å². The number of halogens is 1. The lowest BCUT2D eigenvalue weighted by Crippen LogP contribution is -2.39. The van der Waals surface area contributed by atoms with Crippen LogP contribution in [-0.2, 0) is 6.54 Å². The van der Waals surface area contributed by atoms with E-state index in [0.717, 1.165) is 30.6 Å². The molecule has 1 saturated heterocycles. The van der Waals surface area contributed by atoms with E-state index in [1.54, 1.807) is 0 Å². The minimum atomic E-state index is 0. The van der Waals surface area contributed by atoms with Crippen LogP contribution in [0.3, 0.4) is 0 Å². The van der Waals surface area contributed by atoms with Crippen molar-refractivity contribution in [2.45, 2.75) is 26.3 Å². The van der Waals surface area contributed by atoms with Gasteiger partial charge >= 0.3 is 0 Å². The van der Waals surface area contributed by atoms with E-state index in [-0.39, 0.29) is 18.3 Å². The number of amides is 1. The number of nitrogens with two attached hydrogens (primary N) is 1. The quantitative estimate of drug-likeness (QED) is 0.896. The fraction of sp³-hybridized carbons (Fsp3) is 0.500. The minimum Gasteiger partial charge on any atom is -0.338 e. The predicted molar refractivity (Wildman–Crippen MR) is 75.9 cm³/mol. The van der Waals surface area contributed by atoms with Gasteiger partial charge in [-0.1, -0.05) is 19.1 Å². The number of carbonyl (C=O) groups is 1. The molecule has 1 amide bonds. The first kappa shape index (κ1) is 15.0. The lowest BCUT2D eigenvalue weighted by molar-refractivity contribution is 0.0683. The average molecular weight is 269 g/mol. The first-order valence-corrected chi connectivity index (χ1v) is 6.29. The number of likely N-dealkylation sites (tertiary alicyclic amines) is 1. The lowest BCUT2D eigenvalue weighted by Gasteiger charge is -2.31. The van der Waals surface area contributed by atoms with Crippen molar-refractivity contribution in [1.82, 2.24) is 4.90 Å². The van der Waals surface area contributed by atoms with Crippen LogP contribution in [0, 0.1) is 5.92 Å². The standard InChI is InChI=1S/C14H20N2O.ClH/c1-11-3-2-8-16(10-11)14(17)13-6-4-12(9-15)5-7-13;/h4-7,11H,2-3,8-10,15H2,1H3;1H. The molecular formula is C14H21ClN2O. The summed E-state index contributed by atoms with van der Waals surface area (Å²) < 4.78 is 0. The van der Waals surface area contributed by atoms with Gasteiger partial charge in [-0.15, -0.1) is 12.4 Å². The largest absolute Gasteiger partial charge is 0.338 e. The van der Waals surface area contributed by atoms with Gasteiger partial charge in [0.05, 0.1) is 0 Å². The Hall–Kier alpha value is -1.06. The van der Waals surface area contributed by atoms with Gasteiger partial charge in [0.2, 0.25) is 0 Å². The molecule has 1 unspecified atom stereocenters. The number of carbonyl (C=O) groups excluding carboxylic acids is 1. The number of nitrogens with zero attached hydrogens (tertiary/aromatic N) is 1. The zero-order valence-electron chi connectivity index (χ0n) is 10.8. The van der Waals surface area contributed by atoms with Crippen molar-refractivity contribution in [3.05, 3.63) is 35.4 Å². The molecule has 1 aliphatic rings. The normalized spacial score (nSPS) is 19.2. The molecule has 0 saturated carbocycles. The Morgan fingerprint density at radius 3 is 2.61 bits per heavy atom. The Morgan fingerprint density at radius 1 is 1.39 bits per heavy atom. The second-order valence-electron chi connectivity index (χ2n) is 4.90. The van der Waals surface area contributed by atoms with Crippen LogP contribution < -0.4 is 5.73 Å². The fourth-order valence-electron chi connectivity index (χ4n) is 2.34. The van der Waals surface area contributed by atoms with Crippen LogP contribution in [0.25, 0.3) is 0 Å². The van der Waals surface area contributed by atoms with Crippen molar-refractivity contribution in [1.29, 1.82) is 0 Å². The van der Waals surface area contributed by atoms with Crippen LogP contribution in [0.5, 0.6) is 0 Å². The van der Waals surface area contributed by atoms with E-state index in [4.69, 9.17) is 5.73 Å². The third kappa shape index (κ3) is 3.47. The van der Waals surface area contributed by atoms with Crippen molar-refractivity contribution in [3.63, 3.8) is 0 Å². The molecule has 1 aromatic rings. The Morgan fingerprint density at radius 2 is 2.06 bits per heavy atom.